The van der Waals surface area contributed by atoms with Crippen LogP contribution in [0.4, 0.5) is 0 Å². The lowest BCUT2D eigenvalue weighted by Crippen LogP contribution is -2.52. The van der Waals surface area contributed by atoms with Crippen LogP contribution in [0.25, 0.3) is 0 Å². The lowest BCUT2D eigenvalue weighted by molar-refractivity contribution is -0.139. The maximum Gasteiger partial charge on any atom is 0.262 e. The molecule has 1 amide bonds. The molecule has 1 heterocycles. The third kappa shape index (κ3) is 4.25. The Morgan fingerprint density at radius 2 is 1.76 bits per heavy atom. The van der Waals surface area contributed by atoms with Crippen molar-refractivity contribution in [2.75, 3.05) is 6.26 Å². The zero-order valence-electron chi connectivity index (χ0n) is 13.9. The predicted molar refractivity (Wildman–Crippen MR) is 93.7 cm³/mol. The van der Waals surface area contributed by atoms with Gasteiger partial charge in [0.25, 0.3) is 5.91 Å². The summed E-state index contributed by atoms with van der Waals surface area (Å²) in [5, 5.41) is 0. The number of nitrogens with zero attached hydrogens (tertiary/aromatic N) is 1. The number of carbonyl (C=O) groups is 1. The van der Waals surface area contributed by atoms with E-state index in [0.29, 0.717) is 6.42 Å². The van der Waals surface area contributed by atoms with Crippen molar-refractivity contribution in [2.45, 2.75) is 25.6 Å². The van der Waals surface area contributed by atoms with E-state index in [1.165, 1.54) is 4.31 Å². The number of fused-ring (bicyclic) bond motifs is 1. The summed E-state index contributed by atoms with van der Waals surface area (Å²) >= 11 is 0. The molecule has 0 aliphatic carbocycles. The molecule has 0 radical (unpaired) electrons. The summed E-state index contributed by atoms with van der Waals surface area (Å²) in [6.45, 7) is 0.403. The Morgan fingerprint density at radius 3 is 2.44 bits per heavy atom. The second kappa shape index (κ2) is 7.35. The quantitative estimate of drug-likeness (QED) is 0.822. The molecule has 0 aromatic heterocycles. The summed E-state index contributed by atoms with van der Waals surface area (Å²) in [6.07, 6.45) is 1.44. The summed E-state index contributed by atoms with van der Waals surface area (Å²) in [7, 11) is -3.52. The van der Waals surface area contributed by atoms with Gasteiger partial charge >= 0.3 is 0 Å². The average molecular weight is 360 g/mol. The molecule has 1 N–H and O–H groups in total. The van der Waals surface area contributed by atoms with Crippen LogP contribution in [0, 0.1) is 0 Å². The van der Waals surface area contributed by atoms with E-state index in [4.69, 9.17) is 4.84 Å². The Hall–Kier alpha value is -2.22. The largest absolute Gasteiger partial charge is 0.271 e. The van der Waals surface area contributed by atoms with E-state index in [1.807, 2.05) is 54.6 Å². The van der Waals surface area contributed by atoms with Crippen LogP contribution in [0.5, 0.6) is 0 Å². The second-order valence-corrected chi connectivity index (χ2v) is 7.97. The maximum atomic E-state index is 12.5. The summed E-state index contributed by atoms with van der Waals surface area (Å²) in [5.41, 5.74) is 5.20. The molecule has 3 rings (SSSR count). The number of hydroxylamine groups is 1. The highest BCUT2D eigenvalue weighted by Crippen LogP contribution is 2.25. The highest BCUT2D eigenvalue weighted by Gasteiger charge is 2.36. The number of nitrogens with one attached hydrogen (secondary N) is 1. The first-order chi connectivity index (χ1) is 11.9. The number of benzene rings is 2. The van der Waals surface area contributed by atoms with Crippen LogP contribution >= 0.6 is 0 Å². The van der Waals surface area contributed by atoms with Crippen LogP contribution in [0.3, 0.4) is 0 Å². The fourth-order valence-corrected chi connectivity index (χ4v) is 3.91. The maximum absolute atomic E-state index is 12.5. The molecular formula is C18H20N2O4S. The first-order valence-corrected chi connectivity index (χ1v) is 9.79. The normalized spacial score (nSPS) is 17.7. The molecule has 0 spiro atoms. The molecule has 0 saturated carbocycles. The van der Waals surface area contributed by atoms with Gasteiger partial charge in [0.1, 0.15) is 6.04 Å². The molecular weight excluding hydrogens is 340 g/mol. The molecule has 1 unspecified atom stereocenters. The van der Waals surface area contributed by atoms with Gasteiger partial charge in [-0.25, -0.2) is 13.9 Å². The van der Waals surface area contributed by atoms with E-state index in [9.17, 15) is 13.2 Å². The minimum absolute atomic E-state index is 0.186. The van der Waals surface area contributed by atoms with Gasteiger partial charge < -0.3 is 0 Å². The minimum atomic E-state index is -3.52. The van der Waals surface area contributed by atoms with Gasteiger partial charge in [-0.05, 0) is 23.1 Å². The summed E-state index contributed by atoms with van der Waals surface area (Å²) in [5.74, 6) is -0.462. The monoisotopic (exact) mass is 360 g/mol. The number of amides is 1. The van der Waals surface area contributed by atoms with Crippen molar-refractivity contribution in [3.05, 3.63) is 71.3 Å². The Labute approximate surface area is 147 Å². The van der Waals surface area contributed by atoms with Crippen LogP contribution in [0.2, 0.25) is 0 Å². The molecule has 7 heteroatoms. The predicted octanol–water partition coefficient (Wildman–Crippen LogP) is 1.62. The zero-order chi connectivity index (χ0) is 17.9. The van der Waals surface area contributed by atoms with Crippen molar-refractivity contribution in [3.63, 3.8) is 0 Å². The van der Waals surface area contributed by atoms with E-state index < -0.39 is 22.0 Å². The number of rotatable bonds is 5. The molecule has 6 nitrogen and oxygen atoms in total. The first kappa shape index (κ1) is 17.6. The van der Waals surface area contributed by atoms with Crippen molar-refractivity contribution in [2.24, 2.45) is 0 Å². The number of sulfonamides is 1. The van der Waals surface area contributed by atoms with E-state index >= 15 is 0 Å². The third-order valence-electron chi connectivity index (χ3n) is 4.19. The zero-order valence-corrected chi connectivity index (χ0v) is 14.7. The average Bonchev–Trinajstić information content (AvgIpc) is 2.60. The number of carbonyl (C=O) groups excluding carboxylic acids is 1. The SMILES string of the molecule is CS(=O)(=O)N1Cc2ccccc2CC1C(=O)NOCc1ccccc1. The molecule has 0 bridgehead atoms. The van der Waals surface area contributed by atoms with Gasteiger partial charge in [-0.2, -0.15) is 4.31 Å². The van der Waals surface area contributed by atoms with Crippen LogP contribution in [0.1, 0.15) is 16.7 Å². The highest BCUT2D eigenvalue weighted by atomic mass is 32.2. The van der Waals surface area contributed by atoms with Crippen molar-refractivity contribution in [1.82, 2.24) is 9.79 Å². The molecule has 0 saturated heterocycles. The minimum Gasteiger partial charge on any atom is -0.271 e. The fourth-order valence-electron chi connectivity index (χ4n) is 2.90. The van der Waals surface area contributed by atoms with Crippen LogP contribution in [-0.4, -0.2) is 30.9 Å². The van der Waals surface area contributed by atoms with E-state index in [0.717, 1.165) is 22.9 Å². The van der Waals surface area contributed by atoms with Crippen LogP contribution < -0.4 is 5.48 Å². The van der Waals surface area contributed by atoms with Gasteiger partial charge in [0.2, 0.25) is 10.0 Å². The molecule has 0 fully saturated rings. The second-order valence-electron chi connectivity index (χ2n) is 6.04. The standard InChI is InChI=1S/C18H20N2O4S/c1-25(22,23)20-12-16-10-6-5-9-15(16)11-17(20)18(21)19-24-13-14-7-3-2-4-8-14/h2-10,17H,11-13H2,1H3,(H,19,21). The Kier molecular flexibility index (Phi) is 5.17. The topological polar surface area (TPSA) is 75.7 Å². The van der Waals surface area contributed by atoms with Crippen molar-refractivity contribution < 1.29 is 18.0 Å². The van der Waals surface area contributed by atoms with Gasteiger partial charge in [0.05, 0.1) is 12.9 Å². The molecule has 1 atom stereocenters. The van der Waals surface area contributed by atoms with Gasteiger partial charge in [0, 0.05) is 6.54 Å². The molecule has 2 aromatic rings. The highest BCUT2D eigenvalue weighted by molar-refractivity contribution is 7.88. The Bertz CT molecular complexity index is 852. The molecule has 2 aromatic carbocycles. The van der Waals surface area contributed by atoms with Gasteiger partial charge in [-0.15, -0.1) is 0 Å². The van der Waals surface area contributed by atoms with Crippen LogP contribution in [0.15, 0.2) is 54.6 Å². The van der Waals surface area contributed by atoms with Gasteiger partial charge in [-0.1, -0.05) is 54.6 Å². The molecule has 25 heavy (non-hydrogen) atoms. The van der Waals surface area contributed by atoms with Crippen molar-refractivity contribution in [3.8, 4) is 0 Å². The van der Waals surface area contributed by atoms with Crippen LogP contribution in [-0.2, 0) is 39.2 Å². The van der Waals surface area contributed by atoms with E-state index in [2.05, 4.69) is 5.48 Å². The summed E-state index contributed by atoms with van der Waals surface area (Å²) in [4.78, 5) is 17.8. The fraction of sp³-hybridized carbons (Fsp3) is 0.278. The molecule has 1 aliphatic heterocycles. The Morgan fingerprint density at radius 1 is 1.12 bits per heavy atom. The van der Waals surface area contributed by atoms with E-state index in [1.54, 1.807) is 0 Å². The van der Waals surface area contributed by atoms with Crippen molar-refractivity contribution in [1.29, 1.82) is 0 Å². The Balaban J connectivity index is 1.71. The van der Waals surface area contributed by atoms with E-state index in [-0.39, 0.29) is 13.2 Å². The summed E-state index contributed by atoms with van der Waals surface area (Å²) < 4.78 is 25.4. The summed E-state index contributed by atoms with van der Waals surface area (Å²) in [6, 6.07) is 16.1. The van der Waals surface area contributed by atoms with Crippen molar-refractivity contribution >= 4 is 15.9 Å². The molecule has 132 valence electrons. The van der Waals surface area contributed by atoms with Gasteiger partial charge in [-0.3, -0.25) is 9.63 Å². The van der Waals surface area contributed by atoms with Gasteiger partial charge in [0.15, 0.2) is 0 Å². The lowest BCUT2D eigenvalue weighted by atomic mass is 9.95. The smallest absolute Gasteiger partial charge is 0.262 e. The third-order valence-corrected chi connectivity index (χ3v) is 5.42. The first-order valence-electron chi connectivity index (χ1n) is 7.94. The number of hydrogen-bond donors (Lipinski definition) is 1. The molecule has 1 aliphatic rings. The number of hydrogen-bond acceptors (Lipinski definition) is 4. The lowest BCUT2D eigenvalue weighted by Gasteiger charge is -2.33.